The maximum absolute atomic E-state index is 3.62. The molecule has 1 aliphatic rings. The van der Waals surface area contributed by atoms with E-state index in [-0.39, 0.29) is 0 Å². The molecule has 0 N–H and O–H groups in total. The number of hydrogen-bond acceptors (Lipinski definition) is 0. The van der Waals surface area contributed by atoms with Crippen LogP contribution < -0.4 is 0 Å². The van der Waals surface area contributed by atoms with Crippen LogP contribution in [0.3, 0.4) is 0 Å². The van der Waals surface area contributed by atoms with Crippen LogP contribution in [0.4, 0.5) is 0 Å². The molecule has 0 spiro atoms. The Morgan fingerprint density at radius 1 is 0.812 bits per heavy atom. The lowest BCUT2D eigenvalue weighted by atomic mass is 9.93. The molecule has 2 aromatic carbocycles. The van der Waals surface area contributed by atoms with Gasteiger partial charge in [-0.2, -0.15) is 0 Å². The summed E-state index contributed by atoms with van der Waals surface area (Å²) < 4.78 is 1.18. The molecule has 0 saturated heterocycles. The molecule has 2 aromatic rings. The Bertz CT molecular complexity index is 555. The molecule has 1 atom stereocenters. The predicted octanol–water partition coefficient (Wildman–Crippen LogP) is 4.61. The maximum atomic E-state index is 3.62. The van der Waals surface area contributed by atoms with E-state index in [4.69, 9.17) is 0 Å². The number of halogens is 1. The van der Waals surface area contributed by atoms with Crippen molar-refractivity contribution >= 4 is 22.0 Å². The number of benzene rings is 2. The van der Waals surface area contributed by atoms with Gasteiger partial charge in [0.1, 0.15) is 0 Å². The van der Waals surface area contributed by atoms with Gasteiger partial charge in [0.2, 0.25) is 0 Å². The summed E-state index contributed by atoms with van der Waals surface area (Å²) in [5, 5.41) is 0. The molecule has 1 unspecified atom stereocenters. The Morgan fingerprint density at radius 3 is 2.31 bits per heavy atom. The average molecular weight is 271 g/mol. The zero-order valence-corrected chi connectivity index (χ0v) is 10.3. The molecule has 16 heavy (non-hydrogen) atoms. The van der Waals surface area contributed by atoms with Gasteiger partial charge in [0.25, 0.3) is 0 Å². The summed E-state index contributed by atoms with van der Waals surface area (Å²) in [5.41, 5.74) is 4.07. The average Bonchev–Trinajstić information content (AvgIpc) is 2.74. The molecule has 0 aromatic heterocycles. The molecule has 0 heterocycles. The third kappa shape index (κ3) is 1.52. The first-order chi connectivity index (χ1) is 7.86. The van der Waals surface area contributed by atoms with Crippen molar-refractivity contribution < 1.29 is 0 Å². The molecular weight excluding hydrogens is 260 g/mol. The smallest absolute Gasteiger partial charge is 0.0289 e. The van der Waals surface area contributed by atoms with Gasteiger partial charge in [-0.15, -0.1) is 0 Å². The van der Waals surface area contributed by atoms with Gasteiger partial charge in [-0.3, -0.25) is 0 Å². The minimum Gasteiger partial charge on any atom is -0.0720 e. The van der Waals surface area contributed by atoms with Crippen molar-refractivity contribution in [2.75, 3.05) is 0 Å². The SMILES string of the molecule is Brc1ccccc1C1C=Cc2ccccc21. The second-order valence-corrected chi connectivity index (χ2v) is 4.84. The quantitative estimate of drug-likeness (QED) is 0.710. The molecular formula is C15H11Br. The van der Waals surface area contributed by atoms with E-state index in [0.717, 1.165) is 0 Å². The lowest BCUT2D eigenvalue weighted by Gasteiger charge is -2.13. The summed E-state index contributed by atoms with van der Waals surface area (Å²) in [4.78, 5) is 0. The summed E-state index contributed by atoms with van der Waals surface area (Å²) in [6, 6.07) is 17.0. The van der Waals surface area contributed by atoms with E-state index in [2.05, 4.69) is 76.6 Å². The van der Waals surface area contributed by atoms with Crippen LogP contribution in [0.25, 0.3) is 6.08 Å². The van der Waals surface area contributed by atoms with Gasteiger partial charge < -0.3 is 0 Å². The van der Waals surface area contributed by atoms with Crippen molar-refractivity contribution in [3.8, 4) is 0 Å². The fourth-order valence-corrected chi connectivity index (χ4v) is 2.78. The van der Waals surface area contributed by atoms with E-state index in [0.29, 0.717) is 5.92 Å². The van der Waals surface area contributed by atoms with Crippen molar-refractivity contribution in [2.45, 2.75) is 5.92 Å². The van der Waals surface area contributed by atoms with Crippen LogP contribution in [0, 0.1) is 0 Å². The highest BCUT2D eigenvalue weighted by molar-refractivity contribution is 9.10. The number of allylic oxidation sites excluding steroid dienone is 1. The Hall–Kier alpha value is -1.34. The van der Waals surface area contributed by atoms with Crippen LogP contribution in [0.1, 0.15) is 22.6 Å². The van der Waals surface area contributed by atoms with E-state index >= 15 is 0 Å². The van der Waals surface area contributed by atoms with Crippen LogP contribution in [0.15, 0.2) is 59.1 Å². The van der Waals surface area contributed by atoms with Crippen LogP contribution in [0.2, 0.25) is 0 Å². The van der Waals surface area contributed by atoms with Crippen molar-refractivity contribution in [2.24, 2.45) is 0 Å². The first-order valence-electron chi connectivity index (χ1n) is 5.38. The highest BCUT2D eigenvalue weighted by atomic mass is 79.9. The van der Waals surface area contributed by atoms with Gasteiger partial charge in [-0.25, -0.2) is 0 Å². The van der Waals surface area contributed by atoms with Crippen LogP contribution >= 0.6 is 15.9 Å². The fourth-order valence-electron chi connectivity index (χ4n) is 2.25. The van der Waals surface area contributed by atoms with Crippen molar-refractivity contribution in [3.05, 3.63) is 75.8 Å². The van der Waals surface area contributed by atoms with Crippen molar-refractivity contribution in [3.63, 3.8) is 0 Å². The monoisotopic (exact) mass is 270 g/mol. The van der Waals surface area contributed by atoms with Crippen molar-refractivity contribution in [1.29, 1.82) is 0 Å². The normalized spacial score (nSPS) is 17.4. The van der Waals surface area contributed by atoms with Gasteiger partial charge in [-0.05, 0) is 22.8 Å². The molecule has 3 rings (SSSR count). The molecule has 78 valence electrons. The second-order valence-electron chi connectivity index (χ2n) is 3.99. The standard InChI is InChI=1S/C15H11Br/c16-15-8-4-3-7-14(15)13-10-9-11-5-1-2-6-12(11)13/h1-10,13H. The van der Waals surface area contributed by atoms with Gasteiger partial charge in [0, 0.05) is 10.4 Å². The van der Waals surface area contributed by atoms with Crippen LogP contribution in [0.5, 0.6) is 0 Å². The fraction of sp³-hybridized carbons (Fsp3) is 0.0667. The molecule has 0 amide bonds. The van der Waals surface area contributed by atoms with Gasteiger partial charge in [-0.1, -0.05) is 70.5 Å². The topological polar surface area (TPSA) is 0 Å². The molecule has 0 fully saturated rings. The van der Waals surface area contributed by atoms with Gasteiger partial charge >= 0.3 is 0 Å². The Balaban J connectivity index is 2.12. The van der Waals surface area contributed by atoms with E-state index in [9.17, 15) is 0 Å². The van der Waals surface area contributed by atoms with Gasteiger partial charge in [0.15, 0.2) is 0 Å². The zero-order valence-electron chi connectivity index (χ0n) is 8.73. The highest BCUT2D eigenvalue weighted by Crippen LogP contribution is 2.37. The molecule has 0 bridgehead atoms. The summed E-state index contributed by atoms with van der Waals surface area (Å²) in [6.07, 6.45) is 4.48. The summed E-state index contributed by atoms with van der Waals surface area (Å²) in [6.45, 7) is 0. The molecule has 1 heteroatoms. The second kappa shape index (κ2) is 3.91. The molecule has 1 aliphatic carbocycles. The molecule has 0 radical (unpaired) electrons. The van der Waals surface area contributed by atoms with Gasteiger partial charge in [0.05, 0.1) is 0 Å². The molecule has 0 saturated carbocycles. The molecule has 0 nitrogen and oxygen atoms in total. The highest BCUT2D eigenvalue weighted by Gasteiger charge is 2.19. The van der Waals surface area contributed by atoms with E-state index in [1.54, 1.807) is 0 Å². The first kappa shape index (κ1) is 9.86. The number of hydrogen-bond donors (Lipinski definition) is 0. The summed E-state index contributed by atoms with van der Waals surface area (Å²) in [5.74, 6) is 0.395. The zero-order chi connectivity index (χ0) is 11.0. The Kier molecular flexibility index (Phi) is 2.41. The van der Waals surface area contributed by atoms with E-state index in [1.165, 1.54) is 21.2 Å². The largest absolute Gasteiger partial charge is 0.0720 e. The lowest BCUT2D eigenvalue weighted by molar-refractivity contribution is 1.04. The number of rotatable bonds is 1. The Morgan fingerprint density at radius 2 is 1.50 bits per heavy atom. The summed E-state index contributed by atoms with van der Waals surface area (Å²) in [7, 11) is 0. The maximum Gasteiger partial charge on any atom is 0.0289 e. The van der Waals surface area contributed by atoms with Crippen molar-refractivity contribution in [1.82, 2.24) is 0 Å². The predicted molar refractivity (Wildman–Crippen MR) is 71.5 cm³/mol. The molecule has 0 aliphatic heterocycles. The lowest BCUT2D eigenvalue weighted by Crippen LogP contribution is -1.96. The van der Waals surface area contributed by atoms with Crippen LogP contribution in [-0.2, 0) is 0 Å². The van der Waals surface area contributed by atoms with E-state index < -0.39 is 0 Å². The minimum atomic E-state index is 0.395. The van der Waals surface area contributed by atoms with Crippen LogP contribution in [-0.4, -0.2) is 0 Å². The number of fused-ring (bicyclic) bond motifs is 1. The first-order valence-corrected chi connectivity index (χ1v) is 6.17. The minimum absolute atomic E-state index is 0.395. The summed E-state index contributed by atoms with van der Waals surface area (Å²) >= 11 is 3.62. The third-order valence-corrected chi connectivity index (χ3v) is 3.76. The Labute approximate surface area is 104 Å². The third-order valence-electron chi connectivity index (χ3n) is 3.04. The van der Waals surface area contributed by atoms with E-state index in [1.807, 2.05) is 0 Å².